The number of nitrogens with one attached hydrogen (secondary N) is 1. The summed E-state index contributed by atoms with van der Waals surface area (Å²) in [5.74, 6) is -1.52. The second kappa shape index (κ2) is 7.58. The number of nitrogens with zero attached hydrogens (tertiary/aromatic N) is 3. The zero-order valence-electron chi connectivity index (χ0n) is 15.7. The molecule has 142 valence electrons. The zero-order chi connectivity index (χ0) is 19.7. The zero-order valence-corrected chi connectivity index (χ0v) is 16.5. The number of carbonyl (C=O) groups excluding carboxylic acids is 3. The molecule has 0 saturated heterocycles. The van der Waals surface area contributed by atoms with Crippen molar-refractivity contribution >= 4 is 34.2 Å². The lowest BCUT2D eigenvalue weighted by atomic mass is 10.0. The number of aromatic nitrogens is 1. The van der Waals surface area contributed by atoms with E-state index >= 15 is 0 Å². The fourth-order valence-electron chi connectivity index (χ4n) is 3.12. The van der Waals surface area contributed by atoms with Crippen LogP contribution in [0.25, 0.3) is 0 Å². The van der Waals surface area contributed by atoms with Gasteiger partial charge >= 0.3 is 0 Å². The highest BCUT2D eigenvalue weighted by atomic mass is 32.1. The molecule has 7 nitrogen and oxygen atoms in total. The minimum absolute atomic E-state index is 0.242. The number of thiazole rings is 1. The summed E-state index contributed by atoms with van der Waals surface area (Å²) in [5, 5.41) is 5.10. The van der Waals surface area contributed by atoms with Crippen molar-refractivity contribution in [2.24, 2.45) is 5.92 Å². The van der Waals surface area contributed by atoms with E-state index in [9.17, 15) is 14.4 Å². The third kappa shape index (κ3) is 3.77. The quantitative estimate of drug-likeness (QED) is 0.771. The maximum Gasteiger partial charge on any atom is 0.262 e. The first-order chi connectivity index (χ1) is 12.8. The molecule has 1 aromatic carbocycles. The molecule has 3 amide bonds. The lowest BCUT2D eigenvalue weighted by Gasteiger charge is -2.27. The van der Waals surface area contributed by atoms with Gasteiger partial charge in [0.2, 0.25) is 5.91 Å². The molecule has 0 spiro atoms. The van der Waals surface area contributed by atoms with E-state index in [-0.39, 0.29) is 5.92 Å². The van der Waals surface area contributed by atoms with Crippen molar-refractivity contribution in [2.75, 3.05) is 19.4 Å². The predicted molar refractivity (Wildman–Crippen MR) is 104 cm³/mol. The van der Waals surface area contributed by atoms with Gasteiger partial charge in [0.25, 0.3) is 11.8 Å². The Labute approximate surface area is 162 Å². The Kier molecular flexibility index (Phi) is 5.38. The van der Waals surface area contributed by atoms with Crippen LogP contribution in [-0.4, -0.2) is 52.6 Å². The Bertz CT molecular complexity index is 856. The van der Waals surface area contributed by atoms with Crippen molar-refractivity contribution in [1.29, 1.82) is 0 Å². The van der Waals surface area contributed by atoms with Gasteiger partial charge in [0.1, 0.15) is 6.04 Å². The van der Waals surface area contributed by atoms with Crippen LogP contribution in [0.15, 0.2) is 29.6 Å². The van der Waals surface area contributed by atoms with E-state index in [2.05, 4.69) is 10.3 Å². The molecular formula is C19H22N4O3S. The fourth-order valence-corrected chi connectivity index (χ4v) is 3.82. The number of hydrogen-bond donors (Lipinski definition) is 1. The van der Waals surface area contributed by atoms with Crippen molar-refractivity contribution in [1.82, 2.24) is 14.8 Å². The smallest absolute Gasteiger partial charge is 0.262 e. The van der Waals surface area contributed by atoms with Gasteiger partial charge in [-0.3, -0.25) is 19.3 Å². The summed E-state index contributed by atoms with van der Waals surface area (Å²) < 4.78 is 0. The van der Waals surface area contributed by atoms with Gasteiger partial charge in [0.05, 0.1) is 16.8 Å². The monoisotopic (exact) mass is 386 g/mol. The highest BCUT2D eigenvalue weighted by Gasteiger charge is 2.44. The number of amides is 3. The molecule has 3 rings (SSSR count). The van der Waals surface area contributed by atoms with Gasteiger partial charge in [-0.15, -0.1) is 11.3 Å². The van der Waals surface area contributed by atoms with Crippen molar-refractivity contribution in [2.45, 2.75) is 26.4 Å². The third-order valence-electron chi connectivity index (χ3n) is 4.26. The van der Waals surface area contributed by atoms with Crippen molar-refractivity contribution in [3.63, 3.8) is 0 Å². The lowest BCUT2D eigenvalue weighted by molar-refractivity contribution is -0.121. The van der Waals surface area contributed by atoms with E-state index in [0.29, 0.717) is 22.8 Å². The summed E-state index contributed by atoms with van der Waals surface area (Å²) in [7, 11) is 3.88. The Morgan fingerprint density at radius 1 is 1.19 bits per heavy atom. The molecule has 8 heteroatoms. The van der Waals surface area contributed by atoms with Crippen molar-refractivity contribution in [3.8, 4) is 0 Å². The van der Waals surface area contributed by atoms with Crippen molar-refractivity contribution < 1.29 is 14.4 Å². The third-order valence-corrected chi connectivity index (χ3v) is 5.07. The highest BCUT2D eigenvalue weighted by Crippen LogP contribution is 2.28. The van der Waals surface area contributed by atoms with Crippen LogP contribution >= 0.6 is 11.3 Å². The van der Waals surface area contributed by atoms with Gasteiger partial charge in [0.15, 0.2) is 5.13 Å². The van der Waals surface area contributed by atoms with Gasteiger partial charge in [-0.25, -0.2) is 4.98 Å². The van der Waals surface area contributed by atoms with Gasteiger partial charge in [-0.2, -0.15) is 0 Å². The lowest BCUT2D eigenvalue weighted by Crippen LogP contribution is -2.50. The minimum atomic E-state index is -0.904. The number of anilines is 1. The Morgan fingerprint density at radius 3 is 2.30 bits per heavy atom. The second-order valence-corrected chi connectivity index (χ2v) is 7.94. The van der Waals surface area contributed by atoms with E-state index in [1.807, 2.05) is 38.2 Å². The Balaban J connectivity index is 1.82. The van der Waals surface area contributed by atoms with Crippen LogP contribution in [0.5, 0.6) is 0 Å². The molecule has 2 aromatic rings. The van der Waals surface area contributed by atoms with Crippen LogP contribution in [0.2, 0.25) is 0 Å². The van der Waals surface area contributed by atoms with E-state index in [1.54, 1.807) is 24.3 Å². The SMILES string of the molecule is CC(C)C(C(=O)Nc1nc(CN(C)C)cs1)N1C(=O)c2ccccc2C1=O. The van der Waals surface area contributed by atoms with Gasteiger partial charge in [-0.1, -0.05) is 26.0 Å². The first-order valence-electron chi connectivity index (χ1n) is 8.66. The van der Waals surface area contributed by atoms with Crippen LogP contribution in [0.4, 0.5) is 5.13 Å². The van der Waals surface area contributed by atoms with Gasteiger partial charge < -0.3 is 10.2 Å². The van der Waals surface area contributed by atoms with Crippen LogP contribution in [-0.2, 0) is 11.3 Å². The largest absolute Gasteiger partial charge is 0.304 e. The number of fused-ring (bicyclic) bond motifs is 1. The molecule has 0 radical (unpaired) electrons. The summed E-state index contributed by atoms with van der Waals surface area (Å²) in [6.07, 6.45) is 0. The van der Waals surface area contributed by atoms with Crippen LogP contribution < -0.4 is 5.32 Å². The molecule has 0 saturated carbocycles. The Morgan fingerprint density at radius 2 is 1.78 bits per heavy atom. The van der Waals surface area contributed by atoms with Crippen LogP contribution in [0, 0.1) is 5.92 Å². The van der Waals surface area contributed by atoms with Gasteiger partial charge in [0, 0.05) is 11.9 Å². The normalized spacial score (nSPS) is 14.8. The second-order valence-electron chi connectivity index (χ2n) is 7.09. The van der Waals surface area contributed by atoms with E-state index < -0.39 is 23.8 Å². The van der Waals surface area contributed by atoms with E-state index in [0.717, 1.165) is 10.6 Å². The molecule has 27 heavy (non-hydrogen) atoms. The summed E-state index contributed by atoms with van der Waals surface area (Å²) >= 11 is 1.32. The molecule has 1 atom stereocenters. The molecule has 0 aliphatic carbocycles. The predicted octanol–water partition coefficient (Wildman–Crippen LogP) is 2.46. The number of rotatable bonds is 6. The Hall–Kier alpha value is -2.58. The molecule has 1 N–H and O–H groups in total. The van der Waals surface area contributed by atoms with Gasteiger partial charge in [-0.05, 0) is 32.1 Å². The maximum absolute atomic E-state index is 12.9. The molecular weight excluding hydrogens is 364 g/mol. The minimum Gasteiger partial charge on any atom is -0.304 e. The summed E-state index contributed by atoms with van der Waals surface area (Å²) in [6, 6.07) is 5.73. The van der Waals surface area contributed by atoms with E-state index in [1.165, 1.54) is 11.3 Å². The summed E-state index contributed by atoms with van der Waals surface area (Å²) in [4.78, 5) is 45.8. The number of carbonyl (C=O) groups is 3. The molecule has 1 unspecified atom stereocenters. The van der Waals surface area contributed by atoms with Crippen molar-refractivity contribution in [3.05, 3.63) is 46.5 Å². The summed E-state index contributed by atoms with van der Waals surface area (Å²) in [5.41, 5.74) is 1.52. The molecule has 1 aliphatic rings. The summed E-state index contributed by atoms with van der Waals surface area (Å²) in [6.45, 7) is 4.29. The van der Waals surface area contributed by atoms with Crippen LogP contribution in [0.3, 0.4) is 0 Å². The van der Waals surface area contributed by atoms with Crippen LogP contribution in [0.1, 0.15) is 40.3 Å². The fraction of sp³-hybridized carbons (Fsp3) is 0.368. The number of hydrogen-bond acceptors (Lipinski definition) is 6. The molecule has 2 heterocycles. The molecule has 0 bridgehead atoms. The topological polar surface area (TPSA) is 82.6 Å². The number of benzene rings is 1. The first kappa shape index (κ1) is 19.2. The highest BCUT2D eigenvalue weighted by molar-refractivity contribution is 7.13. The molecule has 0 fully saturated rings. The average molecular weight is 386 g/mol. The van der Waals surface area contributed by atoms with E-state index in [4.69, 9.17) is 0 Å². The number of imide groups is 1. The standard InChI is InChI=1S/C19H22N4O3S/c1-11(2)15(16(24)21-19-20-12(10-27-19)9-22(3)4)23-17(25)13-7-5-6-8-14(13)18(23)26/h5-8,10-11,15H,9H2,1-4H3,(H,20,21,24). The molecule has 1 aromatic heterocycles. The average Bonchev–Trinajstić information content (AvgIpc) is 3.12. The first-order valence-corrected chi connectivity index (χ1v) is 9.54. The maximum atomic E-state index is 12.9. The molecule has 1 aliphatic heterocycles.